The van der Waals surface area contributed by atoms with Crippen LogP contribution in [-0.4, -0.2) is 23.7 Å². The Kier molecular flexibility index (Phi) is 5.32. The Morgan fingerprint density at radius 3 is 2.74 bits per heavy atom. The molecule has 0 aliphatic carbocycles. The normalized spacial score (nSPS) is 13.2. The molecule has 0 radical (unpaired) electrons. The van der Waals surface area contributed by atoms with Crippen LogP contribution in [0.3, 0.4) is 0 Å². The maximum Gasteiger partial charge on any atom is 0.252 e. The van der Waals surface area contributed by atoms with Gasteiger partial charge < -0.3 is 10.4 Å². The van der Waals surface area contributed by atoms with E-state index < -0.39 is 17.8 Å². The molecule has 5 heteroatoms. The Morgan fingerprint density at radius 2 is 2.16 bits per heavy atom. The molecule has 1 aromatic carbocycles. The third-order valence-electron chi connectivity index (χ3n) is 2.77. The van der Waals surface area contributed by atoms with Crippen LogP contribution >= 0.6 is 11.6 Å². The SMILES string of the molecule is CC(O)CC(C)(C)CNC(=O)c1cccc(F)c1Cl. The first-order valence-electron chi connectivity index (χ1n) is 6.13. The van der Waals surface area contributed by atoms with Crippen molar-refractivity contribution in [1.29, 1.82) is 0 Å². The van der Waals surface area contributed by atoms with Gasteiger partial charge >= 0.3 is 0 Å². The van der Waals surface area contributed by atoms with Crippen LogP contribution in [0.1, 0.15) is 37.6 Å². The summed E-state index contributed by atoms with van der Waals surface area (Å²) in [6, 6.07) is 4.12. The summed E-state index contributed by atoms with van der Waals surface area (Å²) in [6.45, 7) is 5.96. The lowest BCUT2D eigenvalue weighted by molar-refractivity contribution is 0.0901. The second-order valence-corrected chi connectivity index (χ2v) is 5.88. The highest BCUT2D eigenvalue weighted by Gasteiger charge is 2.22. The predicted molar refractivity (Wildman–Crippen MR) is 73.8 cm³/mol. The molecule has 0 spiro atoms. The van der Waals surface area contributed by atoms with Crippen molar-refractivity contribution in [1.82, 2.24) is 5.32 Å². The van der Waals surface area contributed by atoms with Gasteiger partial charge in [0.15, 0.2) is 0 Å². The highest BCUT2D eigenvalue weighted by molar-refractivity contribution is 6.34. The van der Waals surface area contributed by atoms with E-state index in [1.165, 1.54) is 18.2 Å². The van der Waals surface area contributed by atoms with Gasteiger partial charge in [-0.25, -0.2) is 4.39 Å². The Morgan fingerprint density at radius 1 is 1.53 bits per heavy atom. The molecule has 19 heavy (non-hydrogen) atoms. The zero-order chi connectivity index (χ0) is 14.6. The van der Waals surface area contributed by atoms with E-state index in [9.17, 15) is 14.3 Å². The smallest absolute Gasteiger partial charge is 0.252 e. The van der Waals surface area contributed by atoms with E-state index in [4.69, 9.17) is 11.6 Å². The summed E-state index contributed by atoms with van der Waals surface area (Å²) in [6.07, 6.45) is 0.120. The second kappa shape index (κ2) is 6.35. The Balaban J connectivity index is 2.68. The van der Waals surface area contributed by atoms with Crippen LogP contribution in [0.15, 0.2) is 18.2 Å². The van der Waals surface area contributed by atoms with E-state index in [0.717, 1.165) is 0 Å². The number of nitrogens with one attached hydrogen (secondary N) is 1. The first kappa shape index (κ1) is 15.9. The molecule has 0 saturated heterocycles. The molecule has 0 heterocycles. The van der Waals surface area contributed by atoms with Gasteiger partial charge in [-0.05, 0) is 30.9 Å². The van der Waals surface area contributed by atoms with Crippen LogP contribution < -0.4 is 5.32 Å². The lowest BCUT2D eigenvalue weighted by Crippen LogP contribution is -2.35. The summed E-state index contributed by atoms with van der Waals surface area (Å²) in [7, 11) is 0. The van der Waals surface area contributed by atoms with Gasteiger partial charge in [-0.1, -0.05) is 31.5 Å². The first-order chi connectivity index (χ1) is 8.73. The lowest BCUT2D eigenvalue weighted by atomic mass is 9.87. The molecule has 0 aromatic heterocycles. The average molecular weight is 288 g/mol. The highest BCUT2D eigenvalue weighted by Crippen LogP contribution is 2.23. The fraction of sp³-hybridized carbons (Fsp3) is 0.500. The number of aliphatic hydroxyl groups excluding tert-OH is 1. The summed E-state index contributed by atoms with van der Waals surface area (Å²) in [5, 5.41) is 11.9. The molecule has 1 aromatic rings. The van der Waals surface area contributed by atoms with E-state index in [2.05, 4.69) is 5.32 Å². The van der Waals surface area contributed by atoms with Crippen molar-refractivity contribution >= 4 is 17.5 Å². The van der Waals surface area contributed by atoms with Crippen LogP contribution in [0.2, 0.25) is 5.02 Å². The van der Waals surface area contributed by atoms with Crippen LogP contribution in [0.25, 0.3) is 0 Å². The Bertz CT molecular complexity index is 461. The van der Waals surface area contributed by atoms with Crippen molar-refractivity contribution in [3.63, 3.8) is 0 Å². The quantitative estimate of drug-likeness (QED) is 0.875. The molecular weight excluding hydrogens is 269 g/mol. The van der Waals surface area contributed by atoms with E-state index in [1.807, 2.05) is 13.8 Å². The molecule has 2 N–H and O–H groups in total. The number of rotatable bonds is 5. The van der Waals surface area contributed by atoms with Gasteiger partial charge in [0.2, 0.25) is 0 Å². The van der Waals surface area contributed by atoms with Gasteiger partial charge in [0.1, 0.15) is 5.82 Å². The van der Waals surface area contributed by atoms with Gasteiger partial charge in [-0.3, -0.25) is 4.79 Å². The van der Waals surface area contributed by atoms with E-state index in [-0.39, 0.29) is 16.0 Å². The summed E-state index contributed by atoms with van der Waals surface area (Å²) in [5.74, 6) is -1.03. The summed E-state index contributed by atoms with van der Waals surface area (Å²) in [4.78, 5) is 11.9. The van der Waals surface area contributed by atoms with Crippen molar-refractivity contribution in [2.45, 2.75) is 33.3 Å². The predicted octanol–water partition coefficient (Wildman–Crippen LogP) is 3.01. The van der Waals surface area contributed by atoms with Crippen molar-refractivity contribution in [3.8, 4) is 0 Å². The minimum atomic E-state index is -0.613. The van der Waals surface area contributed by atoms with Gasteiger partial charge in [0, 0.05) is 6.54 Å². The van der Waals surface area contributed by atoms with Crippen molar-refractivity contribution in [2.24, 2.45) is 5.41 Å². The largest absolute Gasteiger partial charge is 0.393 e. The number of halogens is 2. The summed E-state index contributed by atoms with van der Waals surface area (Å²) < 4.78 is 13.2. The third-order valence-corrected chi connectivity index (χ3v) is 3.16. The topological polar surface area (TPSA) is 49.3 Å². The molecule has 0 aliphatic heterocycles. The van der Waals surface area contributed by atoms with Crippen molar-refractivity contribution in [3.05, 3.63) is 34.6 Å². The van der Waals surface area contributed by atoms with Crippen LogP contribution in [0, 0.1) is 11.2 Å². The zero-order valence-corrected chi connectivity index (χ0v) is 12.1. The molecule has 0 saturated carbocycles. The molecule has 1 atom stereocenters. The van der Waals surface area contributed by atoms with Crippen LogP contribution in [-0.2, 0) is 0 Å². The van der Waals surface area contributed by atoms with Gasteiger partial charge in [-0.2, -0.15) is 0 Å². The summed E-state index contributed by atoms with van der Waals surface area (Å²) >= 11 is 5.75. The molecule has 0 fully saturated rings. The Hall–Kier alpha value is -1.13. The van der Waals surface area contributed by atoms with Crippen LogP contribution in [0.5, 0.6) is 0 Å². The molecule has 1 amide bonds. The van der Waals surface area contributed by atoms with Crippen molar-refractivity contribution in [2.75, 3.05) is 6.54 Å². The van der Waals surface area contributed by atoms with E-state index >= 15 is 0 Å². The third kappa shape index (κ3) is 4.80. The molecule has 106 valence electrons. The van der Waals surface area contributed by atoms with E-state index in [0.29, 0.717) is 13.0 Å². The molecular formula is C14H19ClFNO2. The molecule has 0 aliphatic rings. The maximum absolute atomic E-state index is 13.2. The monoisotopic (exact) mass is 287 g/mol. The minimum Gasteiger partial charge on any atom is -0.393 e. The lowest BCUT2D eigenvalue weighted by Gasteiger charge is -2.26. The van der Waals surface area contributed by atoms with Crippen LogP contribution in [0.4, 0.5) is 4.39 Å². The maximum atomic E-state index is 13.2. The number of hydrogen-bond donors (Lipinski definition) is 2. The van der Waals surface area contributed by atoms with Crippen molar-refractivity contribution < 1.29 is 14.3 Å². The first-order valence-corrected chi connectivity index (χ1v) is 6.51. The second-order valence-electron chi connectivity index (χ2n) is 5.50. The fourth-order valence-corrected chi connectivity index (χ4v) is 2.18. The zero-order valence-electron chi connectivity index (χ0n) is 11.3. The Labute approximate surface area is 117 Å². The number of carbonyl (C=O) groups is 1. The number of amides is 1. The van der Waals surface area contributed by atoms with Gasteiger partial charge in [0.05, 0.1) is 16.7 Å². The van der Waals surface area contributed by atoms with Gasteiger partial charge in [-0.15, -0.1) is 0 Å². The highest BCUT2D eigenvalue weighted by atomic mass is 35.5. The van der Waals surface area contributed by atoms with Gasteiger partial charge in [0.25, 0.3) is 5.91 Å². The number of aliphatic hydroxyl groups is 1. The summed E-state index contributed by atoms with van der Waals surface area (Å²) in [5.41, 5.74) is -0.126. The minimum absolute atomic E-state index is 0.120. The molecule has 0 bridgehead atoms. The number of hydrogen-bond acceptors (Lipinski definition) is 2. The molecule has 1 unspecified atom stereocenters. The molecule has 3 nitrogen and oxygen atoms in total. The number of carbonyl (C=O) groups excluding carboxylic acids is 1. The van der Waals surface area contributed by atoms with E-state index in [1.54, 1.807) is 6.92 Å². The molecule has 1 rings (SSSR count). The fourth-order valence-electron chi connectivity index (χ4n) is 1.97. The number of benzene rings is 1. The average Bonchev–Trinajstić information content (AvgIpc) is 2.28. The standard InChI is InChI=1S/C14H19ClFNO2/c1-9(18)7-14(2,3)8-17-13(19)10-5-4-6-11(16)12(10)15/h4-6,9,18H,7-8H2,1-3H3,(H,17,19).